The summed E-state index contributed by atoms with van der Waals surface area (Å²) in [6, 6.07) is 0. The van der Waals surface area contributed by atoms with E-state index in [-0.39, 0.29) is 24.8 Å². The molecular formula is C17H31Cl2N5O. The van der Waals surface area contributed by atoms with Crippen molar-refractivity contribution in [2.75, 3.05) is 58.3 Å². The maximum absolute atomic E-state index is 5.18. The molecule has 2 aliphatic rings. The number of rotatable bonds is 6. The average molecular weight is 392 g/mol. The number of likely N-dealkylation sites (tertiary alicyclic amines) is 1. The topological polar surface area (TPSA) is 62.3 Å². The van der Waals surface area contributed by atoms with Gasteiger partial charge in [0.2, 0.25) is 0 Å². The summed E-state index contributed by atoms with van der Waals surface area (Å²) in [5.41, 5.74) is 2.54. The first-order valence-electron chi connectivity index (χ1n) is 8.78. The van der Waals surface area contributed by atoms with Crippen LogP contribution in [0.2, 0.25) is 0 Å². The van der Waals surface area contributed by atoms with Gasteiger partial charge in [-0.25, -0.2) is 9.97 Å². The van der Waals surface area contributed by atoms with Crippen molar-refractivity contribution in [2.24, 2.45) is 5.92 Å². The molecule has 0 bridgehead atoms. The van der Waals surface area contributed by atoms with Crippen LogP contribution in [0.15, 0.2) is 0 Å². The van der Waals surface area contributed by atoms with Gasteiger partial charge in [0.15, 0.2) is 0 Å². The van der Waals surface area contributed by atoms with E-state index in [1.54, 1.807) is 7.11 Å². The lowest BCUT2D eigenvalue weighted by atomic mass is 10.1. The standard InChI is InChI=1S/C17H29N5O.2ClH/c1-13-20-16-4-7-18-6-3-15(16)17(21-13)19-11-14-5-8-22(12-14)9-10-23-2;;/h14,18H,3-12H2,1-2H3,(H,19,20,21);2*1H. The predicted octanol–water partition coefficient (Wildman–Crippen LogP) is 1.70. The molecular weight excluding hydrogens is 361 g/mol. The van der Waals surface area contributed by atoms with E-state index in [0.717, 1.165) is 63.8 Å². The van der Waals surface area contributed by atoms with Crippen molar-refractivity contribution in [3.8, 4) is 0 Å². The third-order valence-corrected chi connectivity index (χ3v) is 4.83. The minimum absolute atomic E-state index is 0. The summed E-state index contributed by atoms with van der Waals surface area (Å²) in [5.74, 6) is 2.63. The maximum Gasteiger partial charge on any atom is 0.133 e. The van der Waals surface area contributed by atoms with Crippen LogP contribution in [0.5, 0.6) is 0 Å². The van der Waals surface area contributed by atoms with Gasteiger partial charge < -0.3 is 20.3 Å². The van der Waals surface area contributed by atoms with Gasteiger partial charge in [0.25, 0.3) is 0 Å². The molecule has 0 spiro atoms. The quantitative estimate of drug-likeness (QED) is 0.769. The van der Waals surface area contributed by atoms with Crippen LogP contribution < -0.4 is 10.6 Å². The molecule has 1 saturated heterocycles. The number of aryl methyl sites for hydroxylation is 1. The minimum Gasteiger partial charge on any atom is -0.383 e. The van der Waals surface area contributed by atoms with E-state index in [1.807, 2.05) is 6.92 Å². The maximum atomic E-state index is 5.18. The summed E-state index contributed by atoms with van der Waals surface area (Å²) in [7, 11) is 1.77. The molecule has 2 aliphatic heterocycles. The molecule has 6 nitrogen and oxygen atoms in total. The summed E-state index contributed by atoms with van der Waals surface area (Å²) < 4.78 is 5.18. The third kappa shape index (κ3) is 6.22. The zero-order chi connectivity index (χ0) is 16.1. The van der Waals surface area contributed by atoms with Crippen LogP contribution >= 0.6 is 24.8 Å². The summed E-state index contributed by atoms with van der Waals surface area (Å²) in [4.78, 5) is 11.8. The highest BCUT2D eigenvalue weighted by Gasteiger charge is 2.23. The Morgan fingerprint density at radius 1 is 1.24 bits per heavy atom. The highest BCUT2D eigenvalue weighted by Crippen LogP contribution is 2.22. The Morgan fingerprint density at radius 3 is 2.84 bits per heavy atom. The number of nitrogens with zero attached hydrogens (tertiary/aromatic N) is 3. The summed E-state index contributed by atoms with van der Waals surface area (Å²) >= 11 is 0. The van der Waals surface area contributed by atoms with Crippen molar-refractivity contribution < 1.29 is 4.74 Å². The van der Waals surface area contributed by atoms with Crippen LogP contribution in [0.4, 0.5) is 5.82 Å². The Balaban J connectivity index is 0.00000156. The molecule has 8 heteroatoms. The molecule has 0 aliphatic carbocycles. The molecule has 0 saturated carbocycles. The molecule has 144 valence electrons. The third-order valence-electron chi connectivity index (χ3n) is 4.83. The minimum atomic E-state index is 0. The molecule has 2 N–H and O–H groups in total. The van der Waals surface area contributed by atoms with Gasteiger partial charge in [-0.15, -0.1) is 24.8 Å². The highest BCUT2D eigenvalue weighted by atomic mass is 35.5. The van der Waals surface area contributed by atoms with Gasteiger partial charge in [-0.1, -0.05) is 0 Å². The van der Waals surface area contributed by atoms with Crippen LogP contribution in [0.1, 0.15) is 23.5 Å². The fourth-order valence-electron chi connectivity index (χ4n) is 3.56. The summed E-state index contributed by atoms with van der Waals surface area (Å²) in [6.45, 7) is 9.23. The van der Waals surface area contributed by atoms with Crippen molar-refractivity contribution in [3.05, 3.63) is 17.1 Å². The van der Waals surface area contributed by atoms with Crippen molar-refractivity contribution in [2.45, 2.75) is 26.2 Å². The van der Waals surface area contributed by atoms with Gasteiger partial charge in [-0.3, -0.25) is 0 Å². The first kappa shape index (κ1) is 22.4. The number of hydrogen-bond donors (Lipinski definition) is 2. The van der Waals surface area contributed by atoms with Crippen molar-refractivity contribution in [1.29, 1.82) is 0 Å². The largest absolute Gasteiger partial charge is 0.383 e. The Kier molecular flexibility index (Phi) is 9.97. The lowest BCUT2D eigenvalue weighted by molar-refractivity contribution is 0.159. The Hall–Kier alpha value is -0.660. The van der Waals surface area contributed by atoms with Gasteiger partial charge in [0.05, 0.1) is 12.3 Å². The SMILES string of the molecule is COCCN1CCC(CNc2nc(C)nc3c2CCNCC3)C1.Cl.Cl. The Morgan fingerprint density at radius 2 is 2.04 bits per heavy atom. The predicted molar refractivity (Wildman–Crippen MR) is 106 cm³/mol. The second-order valence-electron chi connectivity index (χ2n) is 6.62. The fraction of sp³-hybridized carbons (Fsp3) is 0.765. The van der Waals surface area contributed by atoms with Gasteiger partial charge >= 0.3 is 0 Å². The first-order valence-corrected chi connectivity index (χ1v) is 8.78. The van der Waals surface area contributed by atoms with Crippen LogP contribution in [-0.4, -0.2) is 67.9 Å². The number of fused-ring (bicyclic) bond motifs is 1. The lowest BCUT2D eigenvalue weighted by Gasteiger charge is -2.17. The molecule has 3 heterocycles. The van der Waals surface area contributed by atoms with Crippen LogP contribution in [0.3, 0.4) is 0 Å². The van der Waals surface area contributed by atoms with Crippen molar-refractivity contribution >= 4 is 30.6 Å². The molecule has 1 unspecified atom stereocenters. The van der Waals surface area contributed by atoms with Crippen molar-refractivity contribution in [1.82, 2.24) is 20.2 Å². The Labute approximate surface area is 163 Å². The normalized spacial score (nSPS) is 20.2. The lowest BCUT2D eigenvalue weighted by Crippen LogP contribution is -2.26. The molecule has 1 aromatic heterocycles. The number of anilines is 1. The smallest absolute Gasteiger partial charge is 0.133 e. The van der Waals surface area contributed by atoms with E-state index < -0.39 is 0 Å². The highest BCUT2D eigenvalue weighted by molar-refractivity contribution is 5.85. The van der Waals surface area contributed by atoms with Crippen LogP contribution in [0.25, 0.3) is 0 Å². The molecule has 1 atom stereocenters. The molecule has 25 heavy (non-hydrogen) atoms. The molecule has 0 radical (unpaired) electrons. The van der Waals surface area contributed by atoms with Crippen LogP contribution in [0, 0.1) is 12.8 Å². The molecule has 3 rings (SSSR count). The second kappa shape index (κ2) is 11.1. The zero-order valence-electron chi connectivity index (χ0n) is 15.2. The second-order valence-corrected chi connectivity index (χ2v) is 6.62. The van der Waals surface area contributed by atoms with E-state index in [2.05, 4.69) is 25.5 Å². The summed E-state index contributed by atoms with van der Waals surface area (Å²) in [6.07, 6.45) is 3.27. The van der Waals surface area contributed by atoms with E-state index in [1.165, 1.54) is 24.2 Å². The number of hydrogen-bond acceptors (Lipinski definition) is 6. The van der Waals surface area contributed by atoms with Gasteiger partial charge in [-0.05, 0) is 38.8 Å². The fourth-order valence-corrected chi connectivity index (χ4v) is 3.56. The number of ether oxygens (including phenoxy) is 1. The first-order chi connectivity index (χ1) is 11.3. The molecule has 1 aromatic rings. The number of methoxy groups -OCH3 is 1. The van der Waals surface area contributed by atoms with E-state index in [4.69, 9.17) is 4.74 Å². The van der Waals surface area contributed by atoms with Crippen molar-refractivity contribution in [3.63, 3.8) is 0 Å². The molecule has 0 amide bonds. The number of aromatic nitrogens is 2. The number of halogens is 2. The van der Waals surface area contributed by atoms with Gasteiger partial charge in [0.1, 0.15) is 11.6 Å². The number of nitrogens with one attached hydrogen (secondary N) is 2. The van der Waals surface area contributed by atoms with Gasteiger partial charge in [0, 0.05) is 45.3 Å². The zero-order valence-corrected chi connectivity index (χ0v) is 16.8. The summed E-state index contributed by atoms with van der Waals surface area (Å²) in [5, 5.41) is 7.07. The van der Waals surface area contributed by atoms with E-state index in [0.29, 0.717) is 5.92 Å². The van der Waals surface area contributed by atoms with Crippen LogP contribution in [-0.2, 0) is 17.6 Å². The average Bonchev–Trinajstić information content (AvgIpc) is 2.87. The molecule has 0 aromatic carbocycles. The Bertz CT molecular complexity index is 532. The van der Waals surface area contributed by atoms with E-state index in [9.17, 15) is 0 Å². The van der Waals surface area contributed by atoms with Gasteiger partial charge in [-0.2, -0.15) is 0 Å². The molecule has 1 fully saturated rings. The van der Waals surface area contributed by atoms with E-state index >= 15 is 0 Å². The monoisotopic (exact) mass is 391 g/mol.